The molecule has 1 aromatic rings. The van der Waals surface area contributed by atoms with Crippen molar-refractivity contribution in [1.29, 1.82) is 0 Å². The van der Waals surface area contributed by atoms with Crippen LogP contribution in [0.1, 0.15) is 33.1 Å². The number of halogens is 1. The van der Waals surface area contributed by atoms with Crippen LogP contribution in [0.3, 0.4) is 0 Å². The first-order valence-corrected chi connectivity index (χ1v) is 8.18. The van der Waals surface area contributed by atoms with E-state index < -0.39 is 10.0 Å². The average molecular weight is 290 g/mol. The fourth-order valence-electron chi connectivity index (χ4n) is 1.86. The lowest BCUT2D eigenvalue weighted by Crippen LogP contribution is -2.35. The van der Waals surface area contributed by atoms with E-state index >= 15 is 0 Å². The van der Waals surface area contributed by atoms with E-state index in [0.717, 1.165) is 19.3 Å². The zero-order valence-corrected chi connectivity index (χ0v) is 12.5. The molecule has 1 saturated heterocycles. The van der Waals surface area contributed by atoms with E-state index in [1.807, 2.05) is 13.8 Å². The Labute approximate surface area is 115 Å². The average Bonchev–Trinajstić information content (AvgIpc) is 2.42. The van der Waals surface area contributed by atoms with Crippen LogP contribution in [0.2, 0.25) is 5.02 Å². The monoisotopic (exact) mass is 289 g/mol. The topological polar surface area (TPSA) is 37.4 Å². The summed E-state index contributed by atoms with van der Waals surface area (Å²) >= 11 is 5.74. The molecule has 0 aliphatic carbocycles. The Morgan fingerprint density at radius 1 is 1.00 bits per heavy atom. The van der Waals surface area contributed by atoms with Crippen LogP contribution >= 0.6 is 11.6 Å². The van der Waals surface area contributed by atoms with Gasteiger partial charge in [0.25, 0.3) is 0 Å². The molecular weight excluding hydrogens is 270 g/mol. The number of piperidine rings is 1. The smallest absolute Gasteiger partial charge is 0.207 e. The van der Waals surface area contributed by atoms with E-state index in [4.69, 9.17) is 11.6 Å². The van der Waals surface area contributed by atoms with Gasteiger partial charge in [-0.25, -0.2) is 8.42 Å². The van der Waals surface area contributed by atoms with Crippen molar-refractivity contribution < 1.29 is 8.42 Å². The van der Waals surface area contributed by atoms with E-state index in [-0.39, 0.29) is 0 Å². The Kier molecular flexibility index (Phi) is 6.12. The molecule has 102 valence electrons. The van der Waals surface area contributed by atoms with Crippen molar-refractivity contribution in [3.63, 3.8) is 0 Å². The van der Waals surface area contributed by atoms with Crippen molar-refractivity contribution in [2.45, 2.75) is 38.0 Å². The highest BCUT2D eigenvalue weighted by Crippen LogP contribution is 2.21. The Morgan fingerprint density at radius 3 is 2.00 bits per heavy atom. The third kappa shape index (κ3) is 3.70. The first-order valence-electron chi connectivity index (χ1n) is 6.36. The van der Waals surface area contributed by atoms with E-state index in [9.17, 15) is 8.42 Å². The lowest BCUT2D eigenvalue weighted by Gasteiger charge is -2.25. The Hall–Kier alpha value is -0.580. The summed E-state index contributed by atoms with van der Waals surface area (Å²) in [6.07, 6.45) is 3.02. The minimum Gasteiger partial charge on any atom is -0.207 e. The zero-order valence-electron chi connectivity index (χ0n) is 10.9. The summed E-state index contributed by atoms with van der Waals surface area (Å²) in [5, 5.41) is 0.553. The van der Waals surface area contributed by atoms with Crippen LogP contribution < -0.4 is 0 Å². The van der Waals surface area contributed by atoms with Crippen molar-refractivity contribution >= 4 is 21.6 Å². The highest BCUT2D eigenvalue weighted by Gasteiger charge is 2.25. The molecule has 0 saturated carbocycles. The van der Waals surface area contributed by atoms with Crippen LogP contribution in [0.5, 0.6) is 0 Å². The molecule has 1 aliphatic rings. The van der Waals surface area contributed by atoms with Gasteiger partial charge in [0, 0.05) is 18.1 Å². The molecule has 0 aromatic heterocycles. The summed E-state index contributed by atoms with van der Waals surface area (Å²) in [5.41, 5.74) is 0. The highest BCUT2D eigenvalue weighted by atomic mass is 35.5. The van der Waals surface area contributed by atoms with Gasteiger partial charge in [0.05, 0.1) is 4.90 Å². The standard InChI is InChI=1S/C11H14ClNO2S.C2H6/c12-10-4-6-11(7-5-10)16(14,15)13-8-2-1-3-9-13;1-2/h4-7H,1-3,8-9H2;1-2H3. The molecule has 0 amide bonds. The largest absolute Gasteiger partial charge is 0.243 e. The first-order chi connectivity index (χ1) is 8.60. The lowest BCUT2D eigenvalue weighted by atomic mass is 10.2. The second kappa shape index (κ2) is 7.12. The SMILES string of the molecule is CC.O=S(=O)(c1ccc(Cl)cc1)N1CCCCC1. The predicted molar refractivity (Wildman–Crippen MR) is 75.4 cm³/mol. The van der Waals surface area contributed by atoms with Gasteiger partial charge in [-0.05, 0) is 37.1 Å². The van der Waals surface area contributed by atoms with Gasteiger partial charge in [0.1, 0.15) is 0 Å². The Bertz CT molecular complexity index is 450. The van der Waals surface area contributed by atoms with Crippen molar-refractivity contribution in [3.05, 3.63) is 29.3 Å². The maximum atomic E-state index is 12.2. The normalized spacial score (nSPS) is 16.8. The number of rotatable bonds is 2. The molecule has 0 radical (unpaired) electrons. The maximum Gasteiger partial charge on any atom is 0.243 e. The van der Waals surface area contributed by atoms with Gasteiger partial charge in [-0.2, -0.15) is 4.31 Å². The summed E-state index contributed by atoms with van der Waals surface area (Å²) in [6.45, 7) is 5.26. The maximum absolute atomic E-state index is 12.2. The fraction of sp³-hybridized carbons (Fsp3) is 0.538. The van der Waals surface area contributed by atoms with Crippen LogP contribution in [0.15, 0.2) is 29.2 Å². The van der Waals surface area contributed by atoms with Gasteiger partial charge in [-0.3, -0.25) is 0 Å². The molecule has 0 atom stereocenters. The zero-order chi connectivity index (χ0) is 13.6. The van der Waals surface area contributed by atoms with Crippen molar-refractivity contribution in [3.8, 4) is 0 Å². The molecule has 0 unspecified atom stereocenters. The predicted octanol–water partition coefficient (Wildman–Crippen LogP) is 3.54. The van der Waals surface area contributed by atoms with Crippen molar-refractivity contribution in [1.82, 2.24) is 4.31 Å². The summed E-state index contributed by atoms with van der Waals surface area (Å²) in [5.74, 6) is 0. The van der Waals surface area contributed by atoms with E-state index in [2.05, 4.69) is 0 Å². The molecule has 5 heteroatoms. The Balaban J connectivity index is 0.000000771. The van der Waals surface area contributed by atoms with E-state index in [0.29, 0.717) is 23.0 Å². The van der Waals surface area contributed by atoms with Gasteiger partial charge in [0.15, 0.2) is 0 Å². The van der Waals surface area contributed by atoms with Gasteiger partial charge in [-0.15, -0.1) is 0 Å². The first kappa shape index (κ1) is 15.5. The molecule has 2 rings (SSSR count). The second-order valence-corrected chi connectivity index (χ2v) is 6.29. The van der Waals surface area contributed by atoms with Gasteiger partial charge < -0.3 is 0 Å². The minimum absolute atomic E-state index is 0.332. The minimum atomic E-state index is -3.30. The van der Waals surface area contributed by atoms with Crippen LogP contribution in [-0.4, -0.2) is 25.8 Å². The highest BCUT2D eigenvalue weighted by molar-refractivity contribution is 7.89. The molecule has 0 spiro atoms. The van der Waals surface area contributed by atoms with Crippen LogP contribution in [0, 0.1) is 0 Å². The summed E-state index contributed by atoms with van der Waals surface area (Å²) in [4.78, 5) is 0.332. The third-order valence-corrected chi connectivity index (χ3v) is 4.93. The van der Waals surface area contributed by atoms with Gasteiger partial charge in [-0.1, -0.05) is 31.9 Å². The fourth-order valence-corrected chi connectivity index (χ4v) is 3.50. The number of nitrogens with zero attached hydrogens (tertiary/aromatic N) is 1. The van der Waals surface area contributed by atoms with Gasteiger partial charge >= 0.3 is 0 Å². The molecule has 0 N–H and O–H groups in total. The molecule has 3 nitrogen and oxygen atoms in total. The number of hydrogen-bond acceptors (Lipinski definition) is 2. The molecule has 1 aromatic carbocycles. The Morgan fingerprint density at radius 2 is 1.50 bits per heavy atom. The molecule has 1 aliphatic heterocycles. The van der Waals surface area contributed by atoms with Crippen molar-refractivity contribution in [2.24, 2.45) is 0 Å². The molecule has 1 fully saturated rings. The van der Waals surface area contributed by atoms with Crippen LogP contribution in [-0.2, 0) is 10.0 Å². The van der Waals surface area contributed by atoms with Crippen LogP contribution in [0.25, 0.3) is 0 Å². The number of hydrogen-bond donors (Lipinski definition) is 0. The quantitative estimate of drug-likeness (QED) is 0.835. The third-order valence-electron chi connectivity index (χ3n) is 2.77. The van der Waals surface area contributed by atoms with E-state index in [1.165, 1.54) is 0 Å². The lowest BCUT2D eigenvalue weighted by molar-refractivity contribution is 0.346. The summed E-state index contributed by atoms with van der Waals surface area (Å²) in [6, 6.07) is 6.34. The summed E-state index contributed by atoms with van der Waals surface area (Å²) in [7, 11) is -3.30. The summed E-state index contributed by atoms with van der Waals surface area (Å²) < 4.78 is 25.9. The second-order valence-electron chi connectivity index (χ2n) is 3.92. The molecule has 18 heavy (non-hydrogen) atoms. The van der Waals surface area contributed by atoms with E-state index in [1.54, 1.807) is 28.6 Å². The molecule has 1 heterocycles. The van der Waals surface area contributed by atoms with Crippen molar-refractivity contribution in [2.75, 3.05) is 13.1 Å². The molecular formula is C13H20ClNO2S. The number of benzene rings is 1. The van der Waals surface area contributed by atoms with Gasteiger partial charge in [0.2, 0.25) is 10.0 Å². The number of sulfonamides is 1. The molecule has 0 bridgehead atoms. The van der Waals surface area contributed by atoms with Crippen LogP contribution in [0.4, 0.5) is 0 Å².